The van der Waals surface area contributed by atoms with Crippen molar-refractivity contribution in [3.05, 3.63) is 0 Å². The van der Waals surface area contributed by atoms with Gasteiger partial charge in [0.25, 0.3) is 0 Å². The van der Waals surface area contributed by atoms with E-state index in [1.54, 1.807) is 0 Å². The van der Waals surface area contributed by atoms with Crippen molar-refractivity contribution < 1.29 is 28.6 Å². The lowest BCUT2D eigenvalue weighted by molar-refractivity contribution is -0.167. The van der Waals surface area contributed by atoms with Gasteiger partial charge in [0.15, 0.2) is 6.10 Å². The molecule has 0 amide bonds. The highest BCUT2D eigenvalue weighted by molar-refractivity contribution is 5.71. The molecule has 0 aromatic rings. The highest BCUT2D eigenvalue weighted by Crippen LogP contribution is 2.16. The molecule has 6 nitrogen and oxygen atoms in total. The van der Waals surface area contributed by atoms with E-state index in [1.807, 2.05) is 0 Å². The molecule has 0 saturated carbocycles. The van der Waals surface area contributed by atoms with Gasteiger partial charge in [0.1, 0.15) is 13.2 Å². The summed E-state index contributed by atoms with van der Waals surface area (Å²) in [4.78, 5) is 37.2. The van der Waals surface area contributed by atoms with Crippen LogP contribution in [0.5, 0.6) is 0 Å². The molecule has 0 spiro atoms. The van der Waals surface area contributed by atoms with E-state index in [1.165, 1.54) is 96.3 Å². The third-order valence-electron chi connectivity index (χ3n) is 8.97. The summed E-state index contributed by atoms with van der Waals surface area (Å²) in [6.07, 6.45) is 29.9. The molecule has 0 rings (SSSR count). The van der Waals surface area contributed by atoms with E-state index in [0.29, 0.717) is 19.3 Å². The molecular formula is C41H78O6. The maximum Gasteiger partial charge on any atom is 0.306 e. The lowest BCUT2D eigenvalue weighted by atomic mass is 10.0. The number of rotatable bonds is 35. The molecular weight excluding hydrogens is 588 g/mol. The molecule has 278 valence electrons. The SMILES string of the molecule is CCCCCCCC(=O)OC[C@H](COC(=O)CCCCCCCCC(C)C)OC(=O)CCCCCCCCCCCCCCC(C)C. The van der Waals surface area contributed by atoms with Crippen LogP contribution in [0.2, 0.25) is 0 Å². The average molecular weight is 667 g/mol. The number of hydrogen-bond donors (Lipinski definition) is 0. The number of esters is 3. The zero-order valence-corrected chi connectivity index (χ0v) is 31.9. The molecule has 0 fully saturated rings. The van der Waals surface area contributed by atoms with E-state index < -0.39 is 6.10 Å². The van der Waals surface area contributed by atoms with Crippen LogP contribution < -0.4 is 0 Å². The normalized spacial score (nSPS) is 12.1. The molecule has 0 N–H and O–H groups in total. The van der Waals surface area contributed by atoms with E-state index in [4.69, 9.17) is 14.2 Å². The van der Waals surface area contributed by atoms with Gasteiger partial charge in [-0.15, -0.1) is 0 Å². The first kappa shape index (κ1) is 45.4. The van der Waals surface area contributed by atoms with Crippen LogP contribution in [0.15, 0.2) is 0 Å². The number of unbranched alkanes of at least 4 members (excludes halogenated alkanes) is 20. The van der Waals surface area contributed by atoms with Crippen LogP contribution in [-0.4, -0.2) is 37.2 Å². The minimum absolute atomic E-state index is 0.0680. The quantitative estimate of drug-likeness (QED) is 0.0380. The van der Waals surface area contributed by atoms with Crippen LogP contribution in [0.25, 0.3) is 0 Å². The van der Waals surface area contributed by atoms with Crippen molar-refractivity contribution in [2.45, 2.75) is 221 Å². The molecule has 0 bridgehead atoms. The lowest BCUT2D eigenvalue weighted by Crippen LogP contribution is -2.30. The van der Waals surface area contributed by atoms with Crippen molar-refractivity contribution in [1.82, 2.24) is 0 Å². The Morgan fingerprint density at radius 2 is 0.702 bits per heavy atom. The van der Waals surface area contributed by atoms with Gasteiger partial charge in [-0.05, 0) is 31.1 Å². The predicted molar refractivity (Wildman–Crippen MR) is 196 cm³/mol. The zero-order valence-electron chi connectivity index (χ0n) is 31.9. The van der Waals surface area contributed by atoms with Crippen molar-refractivity contribution in [2.24, 2.45) is 11.8 Å². The molecule has 0 aliphatic carbocycles. The summed E-state index contributed by atoms with van der Waals surface area (Å²) in [5, 5.41) is 0. The maximum absolute atomic E-state index is 12.6. The van der Waals surface area contributed by atoms with Crippen molar-refractivity contribution in [3.63, 3.8) is 0 Å². The van der Waals surface area contributed by atoms with Crippen LogP contribution in [0.3, 0.4) is 0 Å². The Morgan fingerprint density at radius 1 is 0.404 bits per heavy atom. The van der Waals surface area contributed by atoms with Crippen LogP contribution in [0.4, 0.5) is 0 Å². The average Bonchev–Trinajstić information content (AvgIpc) is 3.03. The molecule has 1 atom stereocenters. The van der Waals surface area contributed by atoms with Gasteiger partial charge in [-0.3, -0.25) is 14.4 Å². The van der Waals surface area contributed by atoms with Crippen molar-refractivity contribution in [1.29, 1.82) is 0 Å². The molecule has 0 radical (unpaired) electrons. The monoisotopic (exact) mass is 667 g/mol. The fourth-order valence-electron chi connectivity index (χ4n) is 5.87. The van der Waals surface area contributed by atoms with Gasteiger partial charge in [-0.25, -0.2) is 0 Å². The van der Waals surface area contributed by atoms with Crippen molar-refractivity contribution >= 4 is 17.9 Å². The molecule has 0 aliphatic heterocycles. The predicted octanol–water partition coefficient (Wildman–Crippen LogP) is 12.2. The fourth-order valence-corrected chi connectivity index (χ4v) is 5.87. The Labute approximate surface area is 291 Å². The Balaban J connectivity index is 4.22. The topological polar surface area (TPSA) is 78.9 Å². The van der Waals surface area contributed by atoms with Gasteiger partial charge in [0.05, 0.1) is 0 Å². The van der Waals surface area contributed by atoms with Gasteiger partial charge in [0, 0.05) is 19.3 Å². The fraction of sp³-hybridized carbons (Fsp3) is 0.927. The summed E-state index contributed by atoms with van der Waals surface area (Å²) < 4.78 is 16.5. The Morgan fingerprint density at radius 3 is 1.04 bits per heavy atom. The summed E-state index contributed by atoms with van der Waals surface area (Å²) in [6.45, 7) is 11.2. The number of carbonyl (C=O) groups is 3. The lowest BCUT2D eigenvalue weighted by Gasteiger charge is -2.18. The molecule has 0 saturated heterocycles. The molecule has 0 aliphatic rings. The van der Waals surface area contributed by atoms with Crippen LogP contribution in [-0.2, 0) is 28.6 Å². The van der Waals surface area contributed by atoms with E-state index in [-0.39, 0.29) is 31.1 Å². The Bertz CT molecular complexity index is 719. The second-order valence-electron chi connectivity index (χ2n) is 14.9. The molecule has 6 heteroatoms. The summed E-state index contributed by atoms with van der Waals surface area (Å²) >= 11 is 0. The second kappa shape index (κ2) is 34.3. The van der Waals surface area contributed by atoms with E-state index in [9.17, 15) is 14.4 Å². The van der Waals surface area contributed by atoms with Gasteiger partial charge in [-0.2, -0.15) is 0 Å². The first-order chi connectivity index (χ1) is 22.7. The van der Waals surface area contributed by atoms with E-state index in [2.05, 4.69) is 34.6 Å². The van der Waals surface area contributed by atoms with Crippen molar-refractivity contribution in [2.75, 3.05) is 13.2 Å². The highest BCUT2D eigenvalue weighted by atomic mass is 16.6. The Kier molecular flexibility index (Phi) is 33.1. The van der Waals surface area contributed by atoms with Crippen LogP contribution in [0, 0.1) is 11.8 Å². The van der Waals surface area contributed by atoms with Gasteiger partial charge >= 0.3 is 17.9 Å². The third-order valence-corrected chi connectivity index (χ3v) is 8.97. The van der Waals surface area contributed by atoms with Gasteiger partial charge < -0.3 is 14.2 Å². The van der Waals surface area contributed by atoms with Gasteiger partial charge in [-0.1, -0.05) is 176 Å². The van der Waals surface area contributed by atoms with Gasteiger partial charge in [0.2, 0.25) is 0 Å². The molecule has 0 aromatic carbocycles. The maximum atomic E-state index is 12.6. The summed E-state index contributed by atoms with van der Waals surface area (Å²) in [5.74, 6) is 0.713. The molecule has 0 aromatic heterocycles. The number of carbonyl (C=O) groups excluding carboxylic acids is 3. The number of hydrogen-bond acceptors (Lipinski definition) is 6. The highest BCUT2D eigenvalue weighted by Gasteiger charge is 2.19. The Hall–Kier alpha value is -1.59. The molecule has 47 heavy (non-hydrogen) atoms. The summed E-state index contributed by atoms with van der Waals surface area (Å²) in [6, 6.07) is 0. The summed E-state index contributed by atoms with van der Waals surface area (Å²) in [7, 11) is 0. The molecule has 0 unspecified atom stereocenters. The number of ether oxygens (including phenoxy) is 3. The largest absolute Gasteiger partial charge is 0.462 e. The van der Waals surface area contributed by atoms with Crippen LogP contribution in [0.1, 0.15) is 214 Å². The smallest absolute Gasteiger partial charge is 0.306 e. The second-order valence-corrected chi connectivity index (χ2v) is 14.9. The van der Waals surface area contributed by atoms with E-state index in [0.717, 1.165) is 76.0 Å². The van der Waals surface area contributed by atoms with Crippen molar-refractivity contribution in [3.8, 4) is 0 Å². The first-order valence-electron chi connectivity index (χ1n) is 20.2. The third kappa shape index (κ3) is 35.5. The minimum Gasteiger partial charge on any atom is -0.462 e. The minimum atomic E-state index is -0.758. The van der Waals surface area contributed by atoms with E-state index >= 15 is 0 Å². The zero-order chi connectivity index (χ0) is 34.8. The van der Waals surface area contributed by atoms with Crippen LogP contribution >= 0.6 is 0 Å². The standard InChI is InChI=1S/C41H78O6/c1-6-7-8-19-26-31-39(42)45-34-38(35-46-40(43)32-27-22-18-17-21-25-30-37(4)5)47-41(44)33-28-23-16-14-12-10-9-11-13-15-20-24-29-36(2)3/h36-38H,6-35H2,1-5H3/t38-/m1/s1. The first-order valence-corrected chi connectivity index (χ1v) is 20.2. The molecule has 0 heterocycles. The summed E-state index contributed by atoms with van der Waals surface area (Å²) in [5.41, 5.74) is 0.